The first kappa shape index (κ1) is 10.2. The fourth-order valence-corrected chi connectivity index (χ4v) is 1.28. The highest BCUT2D eigenvalue weighted by Gasteiger charge is 2.05. The summed E-state index contributed by atoms with van der Waals surface area (Å²) in [7, 11) is 0. The Morgan fingerprint density at radius 3 is 2.85 bits per heavy atom. The van der Waals surface area contributed by atoms with Crippen LogP contribution in [0.15, 0.2) is 24.3 Å². The first-order valence-corrected chi connectivity index (χ1v) is 4.54. The van der Waals surface area contributed by atoms with Gasteiger partial charge in [-0.1, -0.05) is 24.3 Å². The summed E-state index contributed by atoms with van der Waals surface area (Å²) < 4.78 is 0. The van der Waals surface area contributed by atoms with Crippen LogP contribution in [-0.4, -0.2) is 11.7 Å². The maximum atomic E-state index is 9.64. The molecular formula is C11H16NO. The Balaban J connectivity index is 2.75. The summed E-state index contributed by atoms with van der Waals surface area (Å²) in [6.45, 7) is 4.31. The van der Waals surface area contributed by atoms with Gasteiger partial charge in [-0.15, -0.1) is 0 Å². The van der Waals surface area contributed by atoms with Gasteiger partial charge in [0, 0.05) is 0 Å². The summed E-state index contributed by atoms with van der Waals surface area (Å²) in [5.74, 6) is 0. The van der Waals surface area contributed by atoms with Gasteiger partial charge in [-0.2, -0.15) is 0 Å². The fourth-order valence-electron chi connectivity index (χ4n) is 1.28. The van der Waals surface area contributed by atoms with Gasteiger partial charge >= 0.3 is 0 Å². The lowest BCUT2D eigenvalue weighted by Gasteiger charge is -2.10. The molecule has 1 aromatic carbocycles. The van der Waals surface area contributed by atoms with Gasteiger partial charge in [0.05, 0.1) is 6.10 Å². The molecule has 71 valence electrons. The standard InChI is InChI=1S/C11H16NO/c1-2-9-4-3-5-10(8-9)11(13)6-7-12/h3-5,8,11,13H,1-2,6-7,12H2. The molecule has 0 aromatic heterocycles. The van der Waals surface area contributed by atoms with Crippen LogP contribution < -0.4 is 5.73 Å². The molecule has 0 spiro atoms. The Labute approximate surface area is 79.4 Å². The average molecular weight is 178 g/mol. The average Bonchev–Trinajstić information content (AvgIpc) is 2.18. The van der Waals surface area contributed by atoms with Crippen molar-refractivity contribution in [3.63, 3.8) is 0 Å². The minimum atomic E-state index is -0.434. The van der Waals surface area contributed by atoms with Crippen molar-refractivity contribution in [1.29, 1.82) is 0 Å². The maximum absolute atomic E-state index is 9.64. The molecule has 1 rings (SSSR count). The van der Waals surface area contributed by atoms with Crippen LogP contribution in [-0.2, 0) is 6.42 Å². The molecule has 0 heterocycles. The van der Waals surface area contributed by atoms with Gasteiger partial charge < -0.3 is 10.8 Å². The minimum Gasteiger partial charge on any atom is -0.388 e. The van der Waals surface area contributed by atoms with Gasteiger partial charge in [-0.05, 0) is 37.4 Å². The van der Waals surface area contributed by atoms with Crippen LogP contribution in [0.25, 0.3) is 0 Å². The first-order valence-electron chi connectivity index (χ1n) is 4.54. The van der Waals surface area contributed by atoms with Crippen molar-refractivity contribution in [2.24, 2.45) is 5.73 Å². The van der Waals surface area contributed by atoms with Crippen molar-refractivity contribution in [2.45, 2.75) is 18.9 Å². The number of aliphatic hydroxyl groups excluding tert-OH is 1. The SMILES string of the molecule is [CH2]Cc1cccc(C(O)CCN)c1. The zero-order valence-corrected chi connectivity index (χ0v) is 7.74. The molecule has 3 N–H and O–H groups in total. The maximum Gasteiger partial charge on any atom is 0.0802 e. The van der Waals surface area contributed by atoms with E-state index in [1.54, 1.807) is 0 Å². The zero-order valence-electron chi connectivity index (χ0n) is 7.74. The van der Waals surface area contributed by atoms with Crippen LogP contribution in [0.3, 0.4) is 0 Å². The monoisotopic (exact) mass is 178 g/mol. The second-order valence-corrected chi connectivity index (χ2v) is 3.09. The van der Waals surface area contributed by atoms with E-state index in [1.165, 1.54) is 0 Å². The molecule has 0 aliphatic heterocycles. The Kier molecular flexibility index (Phi) is 3.93. The summed E-state index contributed by atoms with van der Waals surface area (Å²) in [6.07, 6.45) is 0.931. The zero-order chi connectivity index (χ0) is 9.68. The quantitative estimate of drug-likeness (QED) is 0.733. The van der Waals surface area contributed by atoms with Crippen LogP contribution in [0.5, 0.6) is 0 Å². The molecule has 0 amide bonds. The summed E-state index contributed by atoms with van der Waals surface area (Å²) in [4.78, 5) is 0. The predicted octanol–water partition coefficient (Wildman–Crippen LogP) is 1.45. The lowest BCUT2D eigenvalue weighted by molar-refractivity contribution is 0.170. The molecule has 2 nitrogen and oxygen atoms in total. The summed E-state index contributed by atoms with van der Waals surface area (Å²) in [5.41, 5.74) is 7.45. The van der Waals surface area contributed by atoms with Crippen molar-refractivity contribution < 1.29 is 5.11 Å². The van der Waals surface area contributed by atoms with Crippen molar-refractivity contribution in [3.05, 3.63) is 42.3 Å². The van der Waals surface area contributed by atoms with Crippen molar-refractivity contribution in [1.82, 2.24) is 0 Å². The molecule has 0 saturated carbocycles. The molecule has 1 atom stereocenters. The molecule has 0 fully saturated rings. The van der Waals surface area contributed by atoms with E-state index in [1.807, 2.05) is 24.3 Å². The number of rotatable bonds is 4. The lowest BCUT2D eigenvalue weighted by atomic mass is 10.0. The molecule has 13 heavy (non-hydrogen) atoms. The van der Waals surface area contributed by atoms with Crippen LogP contribution in [0.1, 0.15) is 23.7 Å². The molecule has 1 radical (unpaired) electrons. The highest BCUT2D eigenvalue weighted by Crippen LogP contribution is 2.17. The number of benzene rings is 1. The second-order valence-electron chi connectivity index (χ2n) is 3.09. The highest BCUT2D eigenvalue weighted by molar-refractivity contribution is 5.25. The Hall–Kier alpha value is -0.860. The molecule has 0 saturated heterocycles. The minimum absolute atomic E-state index is 0.434. The van der Waals surface area contributed by atoms with Crippen LogP contribution in [0.2, 0.25) is 0 Å². The van der Waals surface area contributed by atoms with Crippen LogP contribution in [0.4, 0.5) is 0 Å². The summed E-state index contributed by atoms with van der Waals surface area (Å²) in [5, 5.41) is 9.64. The third kappa shape index (κ3) is 2.83. The fraction of sp³-hybridized carbons (Fsp3) is 0.364. The number of hydrogen-bond acceptors (Lipinski definition) is 2. The molecule has 0 bridgehead atoms. The molecule has 1 aromatic rings. The summed E-state index contributed by atoms with van der Waals surface area (Å²) >= 11 is 0. The third-order valence-corrected chi connectivity index (χ3v) is 2.06. The predicted molar refractivity (Wildman–Crippen MR) is 54.1 cm³/mol. The van der Waals surface area contributed by atoms with E-state index in [9.17, 15) is 5.11 Å². The van der Waals surface area contributed by atoms with Gasteiger partial charge in [0.25, 0.3) is 0 Å². The van der Waals surface area contributed by atoms with Crippen molar-refractivity contribution in [3.8, 4) is 0 Å². The third-order valence-electron chi connectivity index (χ3n) is 2.06. The van der Waals surface area contributed by atoms with Crippen LogP contribution >= 0.6 is 0 Å². The van der Waals surface area contributed by atoms with Crippen molar-refractivity contribution in [2.75, 3.05) is 6.54 Å². The lowest BCUT2D eigenvalue weighted by Crippen LogP contribution is -2.06. The van der Waals surface area contributed by atoms with Gasteiger partial charge in [-0.3, -0.25) is 0 Å². The first-order chi connectivity index (χ1) is 6.27. The molecule has 0 aliphatic rings. The number of aliphatic hydroxyl groups is 1. The largest absolute Gasteiger partial charge is 0.388 e. The molecule has 0 aliphatic carbocycles. The van der Waals surface area contributed by atoms with E-state index in [4.69, 9.17) is 5.73 Å². The molecule has 2 heteroatoms. The van der Waals surface area contributed by atoms with Gasteiger partial charge in [0.1, 0.15) is 0 Å². The summed E-state index contributed by atoms with van der Waals surface area (Å²) in [6, 6.07) is 7.84. The van der Waals surface area contributed by atoms with Gasteiger partial charge in [0.2, 0.25) is 0 Å². The van der Waals surface area contributed by atoms with Gasteiger partial charge in [-0.25, -0.2) is 0 Å². The Morgan fingerprint density at radius 1 is 1.46 bits per heavy atom. The van der Waals surface area contributed by atoms with Crippen molar-refractivity contribution >= 4 is 0 Å². The van der Waals surface area contributed by atoms with Gasteiger partial charge in [0.15, 0.2) is 0 Å². The van der Waals surface area contributed by atoms with E-state index in [-0.39, 0.29) is 0 Å². The van der Waals surface area contributed by atoms with E-state index < -0.39 is 6.10 Å². The smallest absolute Gasteiger partial charge is 0.0802 e. The van der Waals surface area contributed by atoms with E-state index >= 15 is 0 Å². The normalized spacial score (nSPS) is 12.8. The number of hydrogen-bond donors (Lipinski definition) is 2. The van der Waals surface area contributed by atoms with E-state index in [0.29, 0.717) is 13.0 Å². The second kappa shape index (κ2) is 5.00. The Morgan fingerprint density at radius 2 is 2.23 bits per heavy atom. The highest BCUT2D eigenvalue weighted by atomic mass is 16.3. The van der Waals surface area contributed by atoms with E-state index in [2.05, 4.69) is 6.92 Å². The Bertz CT molecular complexity index is 260. The van der Waals surface area contributed by atoms with Crippen LogP contribution in [0, 0.1) is 6.92 Å². The number of nitrogens with two attached hydrogens (primary N) is 1. The topological polar surface area (TPSA) is 46.2 Å². The molecular weight excluding hydrogens is 162 g/mol. The van der Waals surface area contributed by atoms with E-state index in [0.717, 1.165) is 17.5 Å². The molecule has 1 unspecified atom stereocenters.